The smallest absolute Gasteiger partial charge is 0.276 e. The van der Waals surface area contributed by atoms with E-state index < -0.39 is 23.3 Å². The summed E-state index contributed by atoms with van der Waals surface area (Å²) in [6, 6.07) is 16.7. The van der Waals surface area contributed by atoms with E-state index in [0.29, 0.717) is 22.7 Å². The van der Waals surface area contributed by atoms with Crippen LogP contribution in [0.1, 0.15) is 23.2 Å². The van der Waals surface area contributed by atoms with Crippen molar-refractivity contribution in [2.45, 2.75) is 26.2 Å². The van der Waals surface area contributed by atoms with Crippen LogP contribution in [0.15, 0.2) is 66.9 Å². The fourth-order valence-corrected chi connectivity index (χ4v) is 4.35. The lowest BCUT2D eigenvalue weighted by Crippen LogP contribution is -2.65. The molecule has 1 aliphatic heterocycles. The molecule has 0 bridgehead atoms. The molecule has 1 aromatic heterocycles. The number of carbonyl (C=O) groups is 3. The number of hydrogen-bond donors (Lipinski definition) is 1. The number of imide groups is 2. The molecule has 0 unspecified atom stereocenters. The van der Waals surface area contributed by atoms with Gasteiger partial charge in [0.25, 0.3) is 5.91 Å². The van der Waals surface area contributed by atoms with Gasteiger partial charge in [-0.05, 0) is 62.1 Å². The van der Waals surface area contributed by atoms with Gasteiger partial charge in [0.05, 0.1) is 15.7 Å². The highest BCUT2D eigenvalue weighted by atomic mass is 35.5. The zero-order valence-electron chi connectivity index (χ0n) is 17.8. The number of amides is 4. The molecule has 0 saturated carbocycles. The minimum absolute atomic E-state index is 0.0144. The van der Waals surface area contributed by atoms with Crippen LogP contribution in [0.2, 0.25) is 10.0 Å². The number of aryl methyl sites for hydroxylation is 2. The number of hydrogen-bond acceptors (Lipinski definition) is 4. The van der Waals surface area contributed by atoms with Crippen LogP contribution in [0.3, 0.4) is 0 Å². The topological polar surface area (TPSA) is 79.4 Å². The van der Waals surface area contributed by atoms with Crippen LogP contribution in [0.25, 0.3) is 0 Å². The first kappa shape index (κ1) is 23.0. The maximum atomic E-state index is 13.9. The number of barbiturate groups is 1. The number of urea groups is 1. The van der Waals surface area contributed by atoms with Gasteiger partial charge in [0, 0.05) is 11.9 Å². The summed E-state index contributed by atoms with van der Waals surface area (Å²) in [5.74, 6) is -1.26. The van der Waals surface area contributed by atoms with Gasteiger partial charge in [-0.25, -0.2) is 9.69 Å². The molecule has 0 spiro atoms. The van der Waals surface area contributed by atoms with Gasteiger partial charge in [-0.1, -0.05) is 59.1 Å². The molecule has 1 saturated heterocycles. The Hall–Kier alpha value is -3.22. The maximum absolute atomic E-state index is 13.9. The molecule has 4 rings (SSSR count). The Kier molecular flexibility index (Phi) is 6.49. The molecule has 2 heterocycles. The van der Waals surface area contributed by atoms with Crippen LogP contribution in [-0.4, -0.2) is 22.8 Å². The second-order valence-corrected chi connectivity index (χ2v) is 8.81. The van der Waals surface area contributed by atoms with Crippen molar-refractivity contribution in [3.05, 3.63) is 93.7 Å². The van der Waals surface area contributed by atoms with Gasteiger partial charge in [0.15, 0.2) is 0 Å². The lowest BCUT2D eigenvalue weighted by Gasteiger charge is -2.39. The molecule has 168 valence electrons. The molecule has 1 N–H and O–H groups in total. The molecule has 4 amide bonds. The van der Waals surface area contributed by atoms with E-state index in [4.69, 9.17) is 23.2 Å². The van der Waals surface area contributed by atoms with E-state index in [9.17, 15) is 14.4 Å². The average Bonchev–Trinajstić information content (AvgIpc) is 2.80. The van der Waals surface area contributed by atoms with Crippen molar-refractivity contribution in [2.75, 3.05) is 4.90 Å². The van der Waals surface area contributed by atoms with Gasteiger partial charge in [-0.15, -0.1) is 0 Å². The summed E-state index contributed by atoms with van der Waals surface area (Å²) >= 11 is 12.6. The van der Waals surface area contributed by atoms with Crippen LogP contribution in [0, 0.1) is 12.3 Å². The number of benzene rings is 2. The number of anilines is 1. The molecule has 1 atom stereocenters. The Morgan fingerprint density at radius 3 is 2.42 bits per heavy atom. The van der Waals surface area contributed by atoms with E-state index >= 15 is 0 Å². The summed E-state index contributed by atoms with van der Waals surface area (Å²) in [5, 5.41) is 2.98. The van der Waals surface area contributed by atoms with Gasteiger partial charge in [-0.2, -0.15) is 0 Å². The first-order chi connectivity index (χ1) is 15.8. The first-order valence-corrected chi connectivity index (χ1v) is 11.2. The summed E-state index contributed by atoms with van der Waals surface area (Å²) in [4.78, 5) is 45.3. The fraction of sp³-hybridized carbons (Fsp3) is 0.200. The Bertz CT molecular complexity index is 1220. The van der Waals surface area contributed by atoms with E-state index in [-0.39, 0.29) is 17.9 Å². The summed E-state index contributed by atoms with van der Waals surface area (Å²) < 4.78 is 0. The maximum Gasteiger partial charge on any atom is 0.335 e. The molecule has 1 fully saturated rings. The highest BCUT2D eigenvalue weighted by Gasteiger charge is 2.54. The van der Waals surface area contributed by atoms with E-state index in [0.717, 1.165) is 16.2 Å². The molecule has 8 heteroatoms. The summed E-state index contributed by atoms with van der Waals surface area (Å²) in [6.45, 7) is 1.91. The van der Waals surface area contributed by atoms with Crippen molar-refractivity contribution >= 4 is 46.7 Å². The first-order valence-electron chi connectivity index (χ1n) is 10.4. The fourth-order valence-electron chi connectivity index (χ4n) is 3.97. The normalized spacial score (nSPS) is 18.4. The summed E-state index contributed by atoms with van der Waals surface area (Å²) in [6.07, 6.45) is 2.13. The zero-order chi connectivity index (χ0) is 23.6. The molecular weight excluding hydrogens is 461 g/mol. The number of aromatic nitrogens is 1. The molecule has 1 aliphatic rings. The second-order valence-electron chi connectivity index (χ2n) is 8.03. The van der Waals surface area contributed by atoms with Crippen LogP contribution in [0.5, 0.6) is 0 Å². The summed E-state index contributed by atoms with van der Waals surface area (Å²) in [5.41, 5.74) is 1.06. The van der Waals surface area contributed by atoms with Gasteiger partial charge < -0.3 is 0 Å². The minimum atomic E-state index is -1.58. The number of rotatable bonds is 6. The Morgan fingerprint density at radius 2 is 1.73 bits per heavy atom. The predicted molar refractivity (Wildman–Crippen MR) is 127 cm³/mol. The van der Waals surface area contributed by atoms with E-state index in [1.807, 2.05) is 19.1 Å². The SMILES string of the molecule is Cc1ccc(N2C(=O)NC(=O)[C@@](CCc3ccccn3)(Cc3cccc(Cl)c3Cl)C2=O)cc1. The van der Waals surface area contributed by atoms with Crippen LogP contribution in [-0.2, 0) is 22.4 Å². The summed E-state index contributed by atoms with van der Waals surface area (Å²) in [7, 11) is 0. The predicted octanol–water partition coefficient (Wildman–Crippen LogP) is 5.14. The number of halogens is 2. The van der Waals surface area contributed by atoms with Crippen molar-refractivity contribution in [1.29, 1.82) is 0 Å². The highest BCUT2D eigenvalue weighted by molar-refractivity contribution is 6.42. The van der Waals surface area contributed by atoms with E-state index in [2.05, 4.69) is 10.3 Å². The van der Waals surface area contributed by atoms with Gasteiger partial charge in [0.1, 0.15) is 5.41 Å². The largest absolute Gasteiger partial charge is 0.335 e. The monoisotopic (exact) mass is 481 g/mol. The van der Waals surface area contributed by atoms with Crippen LogP contribution < -0.4 is 10.2 Å². The van der Waals surface area contributed by atoms with Crippen molar-refractivity contribution in [3.63, 3.8) is 0 Å². The molecule has 6 nitrogen and oxygen atoms in total. The van der Waals surface area contributed by atoms with Gasteiger partial charge in [0.2, 0.25) is 5.91 Å². The Labute approximate surface area is 201 Å². The van der Waals surface area contributed by atoms with Crippen molar-refractivity contribution in [1.82, 2.24) is 10.3 Å². The van der Waals surface area contributed by atoms with E-state index in [1.165, 1.54) is 0 Å². The quantitative estimate of drug-likeness (QED) is 0.494. The lowest BCUT2D eigenvalue weighted by molar-refractivity contribution is -0.143. The molecule has 2 aromatic carbocycles. The zero-order valence-corrected chi connectivity index (χ0v) is 19.4. The molecule has 3 aromatic rings. The molecular formula is C25H21Cl2N3O3. The third kappa shape index (κ3) is 4.49. The molecule has 33 heavy (non-hydrogen) atoms. The third-order valence-corrected chi connectivity index (χ3v) is 6.68. The molecule has 0 aliphatic carbocycles. The van der Waals surface area contributed by atoms with Crippen LogP contribution in [0.4, 0.5) is 10.5 Å². The second kappa shape index (κ2) is 9.33. The van der Waals surface area contributed by atoms with Crippen molar-refractivity contribution in [2.24, 2.45) is 5.41 Å². The van der Waals surface area contributed by atoms with Crippen LogP contribution >= 0.6 is 23.2 Å². The lowest BCUT2D eigenvalue weighted by atomic mass is 9.74. The Balaban J connectivity index is 1.79. The standard InChI is InChI=1S/C25H21Cl2N3O3/c1-16-8-10-19(11-9-16)30-23(32)25(22(31)29-24(30)33,13-12-18-6-2-3-14-28-18)15-17-5-4-7-20(26)21(17)27/h2-11,14H,12-13,15H2,1H3,(H,29,31,33)/t25-/m1/s1. The highest BCUT2D eigenvalue weighted by Crippen LogP contribution is 2.39. The Morgan fingerprint density at radius 1 is 0.970 bits per heavy atom. The van der Waals surface area contributed by atoms with Gasteiger partial charge in [-0.3, -0.25) is 19.9 Å². The third-order valence-electron chi connectivity index (χ3n) is 5.82. The minimum Gasteiger partial charge on any atom is -0.276 e. The molecule has 0 radical (unpaired) electrons. The van der Waals surface area contributed by atoms with Crippen molar-refractivity contribution in [3.8, 4) is 0 Å². The number of pyridine rings is 1. The number of carbonyl (C=O) groups excluding carboxylic acids is 3. The van der Waals surface area contributed by atoms with E-state index in [1.54, 1.807) is 54.7 Å². The van der Waals surface area contributed by atoms with Gasteiger partial charge >= 0.3 is 6.03 Å². The number of nitrogens with zero attached hydrogens (tertiary/aromatic N) is 2. The van der Waals surface area contributed by atoms with Crippen molar-refractivity contribution < 1.29 is 14.4 Å². The average molecular weight is 482 g/mol. The number of nitrogens with one attached hydrogen (secondary N) is 1.